The number of amides is 3. The van der Waals surface area contributed by atoms with Gasteiger partial charge in [-0.15, -0.1) is 6.58 Å². The number of rotatable bonds is 3. The van der Waals surface area contributed by atoms with Crippen molar-refractivity contribution in [1.29, 1.82) is 0 Å². The first-order chi connectivity index (χ1) is 5.11. The topological polar surface area (TPSA) is 72.2 Å². The predicted octanol–water partition coefficient (Wildman–Crippen LogP) is 0.394. The number of hydrogen-bond acceptors (Lipinski definition) is 2. The van der Waals surface area contributed by atoms with Crippen LogP contribution in [0.4, 0.5) is 4.79 Å². The van der Waals surface area contributed by atoms with Crippen LogP contribution in [0, 0.1) is 5.92 Å². The molecule has 0 fully saturated rings. The number of hydrogen-bond donors (Lipinski definition) is 2. The summed E-state index contributed by atoms with van der Waals surface area (Å²) in [6.07, 6.45) is 2.10. The maximum Gasteiger partial charge on any atom is 0.318 e. The van der Waals surface area contributed by atoms with Crippen LogP contribution in [-0.4, -0.2) is 11.9 Å². The second kappa shape index (κ2) is 4.49. The Labute approximate surface area is 65.5 Å². The number of carbonyl (C=O) groups excluding carboxylic acids is 2. The van der Waals surface area contributed by atoms with Crippen LogP contribution in [0.1, 0.15) is 13.3 Å². The molecule has 1 atom stereocenters. The Morgan fingerprint density at radius 2 is 2.27 bits per heavy atom. The molecular weight excluding hydrogens is 144 g/mol. The van der Waals surface area contributed by atoms with Gasteiger partial charge in [-0.25, -0.2) is 4.79 Å². The van der Waals surface area contributed by atoms with Crippen molar-refractivity contribution in [2.24, 2.45) is 11.7 Å². The number of carbonyl (C=O) groups is 2. The fourth-order valence-corrected chi connectivity index (χ4v) is 0.673. The molecular formula is C7H12N2O2. The van der Waals surface area contributed by atoms with Gasteiger partial charge in [-0.3, -0.25) is 10.1 Å². The molecule has 0 aromatic carbocycles. The van der Waals surface area contributed by atoms with Crippen molar-refractivity contribution in [2.75, 3.05) is 0 Å². The van der Waals surface area contributed by atoms with E-state index in [1.165, 1.54) is 6.08 Å². The van der Waals surface area contributed by atoms with E-state index in [0.29, 0.717) is 6.42 Å². The van der Waals surface area contributed by atoms with Gasteiger partial charge in [0.15, 0.2) is 0 Å². The minimum atomic E-state index is -0.824. The average Bonchev–Trinajstić information content (AvgIpc) is 1.88. The Bertz CT molecular complexity index is 177. The number of imide groups is 1. The summed E-state index contributed by atoms with van der Waals surface area (Å²) in [6, 6.07) is -0.824. The molecule has 0 aromatic rings. The van der Waals surface area contributed by atoms with E-state index in [2.05, 4.69) is 6.58 Å². The van der Waals surface area contributed by atoms with E-state index in [1.54, 1.807) is 0 Å². The molecule has 62 valence electrons. The summed E-state index contributed by atoms with van der Waals surface area (Å²) >= 11 is 0. The van der Waals surface area contributed by atoms with Crippen molar-refractivity contribution in [3.05, 3.63) is 12.7 Å². The first-order valence-electron chi connectivity index (χ1n) is 3.34. The van der Waals surface area contributed by atoms with Crippen molar-refractivity contribution in [1.82, 2.24) is 5.32 Å². The standard InChI is InChI=1S/C7H12N2O2/c1-3-5(4-2)6(10)9-7(8)11/h3,5H,1,4H2,2H3,(H3,8,9,10,11). The van der Waals surface area contributed by atoms with E-state index in [9.17, 15) is 9.59 Å². The van der Waals surface area contributed by atoms with Gasteiger partial charge < -0.3 is 5.73 Å². The highest BCUT2D eigenvalue weighted by Gasteiger charge is 2.12. The van der Waals surface area contributed by atoms with Gasteiger partial charge in [-0.05, 0) is 6.42 Å². The lowest BCUT2D eigenvalue weighted by Crippen LogP contribution is -2.38. The molecule has 0 radical (unpaired) electrons. The third-order valence-electron chi connectivity index (χ3n) is 1.31. The predicted molar refractivity (Wildman–Crippen MR) is 41.7 cm³/mol. The molecule has 0 aliphatic carbocycles. The number of nitrogens with two attached hydrogens (primary N) is 1. The summed E-state index contributed by atoms with van der Waals surface area (Å²) < 4.78 is 0. The quantitative estimate of drug-likeness (QED) is 0.580. The van der Waals surface area contributed by atoms with E-state index in [1.807, 2.05) is 12.2 Å². The lowest BCUT2D eigenvalue weighted by molar-refractivity contribution is -0.122. The molecule has 0 rings (SSSR count). The van der Waals surface area contributed by atoms with Crippen LogP contribution in [0.5, 0.6) is 0 Å². The molecule has 0 aliphatic rings. The largest absolute Gasteiger partial charge is 0.351 e. The summed E-state index contributed by atoms with van der Waals surface area (Å²) in [5.41, 5.74) is 4.74. The monoisotopic (exact) mass is 156 g/mol. The Kier molecular flexibility index (Phi) is 3.95. The zero-order chi connectivity index (χ0) is 8.85. The Morgan fingerprint density at radius 1 is 1.73 bits per heavy atom. The van der Waals surface area contributed by atoms with E-state index in [4.69, 9.17) is 5.73 Å². The highest BCUT2D eigenvalue weighted by Crippen LogP contribution is 2.02. The molecule has 11 heavy (non-hydrogen) atoms. The zero-order valence-electron chi connectivity index (χ0n) is 6.46. The number of urea groups is 1. The van der Waals surface area contributed by atoms with Gasteiger partial charge in [0.05, 0.1) is 5.92 Å². The van der Waals surface area contributed by atoms with Gasteiger partial charge in [0, 0.05) is 0 Å². The highest BCUT2D eigenvalue weighted by atomic mass is 16.2. The molecule has 3 amide bonds. The average molecular weight is 156 g/mol. The lowest BCUT2D eigenvalue weighted by atomic mass is 10.1. The molecule has 0 aliphatic heterocycles. The van der Waals surface area contributed by atoms with E-state index >= 15 is 0 Å². The summed E-state index contributed by atoms with van der Waals surface area (Å²) in [7, 11) is 0. The smallest absolute Gasteiger partial charge is 0.318 e. The first-order valence-corrected chi connectivity index (χ1v) is 3.34. The van der Waals surface area contributed by atoms with Gasteiger partial charge >= 0.3 is 6.03 Å². The van der Waals surface area contributed by atoms with Gasteiger partial charge in [0.25, 0.3) is 0 Å². The number of nitrogens with one attached hydrogen (secondary N) is 1. The van der Waals surface area contributed by atoms with Crippen molar-refractivity contribution in [2.45, 2.75) is 13.3 Å². The Hall–Kier alpha value is -1.32. The fraction of sp³-hybridized carbons (Fsp3) is 0.429. The Balaban J connectivity index is 3.99. The summed E-state index contributed by atoms with van der Waals surface area (Å²) in [4.78, 5) is 21.1. The first kappa shape index (κ1) is 9.68. The maximum atomic E-state index is 10.9. The van der Waals surface area contributed by atoms with E-state index < -0.39 is 11.9 Å². The third-order valence-corrected chi connectivity index (χ3v) is 1.31. The molecule has 0 saturated heterocycles. The van der Waals surface area contributed by atoms with Crippen LogP contribution in [0.3, 0.4) is 0 Å². The fourth-order valence-electron chi connectivity index (χ4n) is 0.673. The minimum absolute atomic E-state index is 0.331. The third kappa shape index (κ3) is 3.40. The molecule has 0 saturated carbocycles. The van der Waals surface area contributed by atoms with Gasteiger partial charge in [-0.2, -0.15) is 0 Å². The van der Waals surface area contributed by atoms with Crippen LogP contribution in [0.25, 0.3) is 0 Å². The SMILES string of the molecule is C=CC(CC)C(=O)NC(N)=O. The zero-order valence-corrected chi connectivity index (χ0v) is 6.46. The lowest BCUT2D eigenvalue weighted by Gasteiger charge is -2.06. The molecule has 0 spiro atoms. The van der Waals surface area contributed by atoms with Crippen LogP contribution in [0.15, 0.2) is 12.7 Å². The van der Waals surface area contributed by atoms with Crippen LogP contribution < -0.4 is 11.1 Å². The molecule has 4 nitrogen and oxygen atoms in total. The maximum absolute atomic E-state index is 10.9. The van der Waals surface area contributed by atoms with Crippen molar-refractivity contribution in [3.8, 4) is 0 Å². The normalized spacial score (nSPS) is 11.7. The van der Waals surface area contributed by atoms with Crippen molar-refractivity contribution >= 4 is 11.9 Å². The van der Waals surface area contributed by atoms with Crippen molar-refractivity contribution < 1.29 is 9.59 Å². The van der Waals surface area contributed by atoms with Crippen LogP contribution in [-0.2, 0) is 4.79 Å². The van der Waals surface area contributed by atoms with Crippen molar-refractivity contribution in [3.63, 3.8) is 0 Å². The number of primary amides is 1. The molecule has 3 N–H and O–H groups in total. The van der Waals surface area contributed by atoms with Crippen LogP contribution >= 0.6 is 0 Å². The molecule has 0 heterocycles. The molecule has 0 aromatic heterocycles. The van der Waals surface area contributed by atoms with E-state index in [0.717, 1.165) is 0 Å². The second-order valence-electron chi connectivity index (χ2n) is 2.10. The van der Waals surface area contributed by atoms with Crippen LogP contribution in [0.2, 0.25) is 0 Å². The van der Waals surface area contributed by atoms with Gasteiger partial charge in [0.2, 0.25) is 5.91 Å². The van der Waals surface area contributed by atoms with Gasteiger partial charge in [0.1, 0.15) is 0 Å². The minimum Gasteiger partial charge on any atom is -0.351 e. The summed E-state index contributed by atoms with van der Waals surface area (Å²) in [6.45, 7) is 5.27. The second-order valence-corrected chi connectivity index (χ2v) is 2.10. The molecule has 1 unspecified atom stereocenters. The molecule has 4 heteroatoms. The summed E-state index contributed by atoms with van der Waals surface area (Å²) in [5, 5.41) is 1.97. The van der Waals surface area contributed by atoms with Gasteiger partial charge in [-0.1, -0.05) is 13.0 Å². The highest BCUT2D eigenvalue weighted by molar-refractivity contribution is 5.95. The Morgan fingerprint density at radius 3 is 2.55 bits per heavy atom. The summed E-state index contributed by atoms with van der Waals surface area (Å²) in [5.74, 6) is -0.725. The molecule has 0 bridgehead atoms. The van der Waals surface area contributed by atoms with E-state index in [-0.39, 0.29) is 5.92 Å².